The van der Waals surface area contributed by atoms with Crippen LogP contribution < -0.4 is 5.32 Å². The molecule has 0 saturated carbocycles. The summed E-state index contributed by atoms with van der Waals surface area (Å²) in [5.74, 6) is 0. The average molecular weight is 411 g/mol. The highest BCUT2D eigenvalue weighted by atomic mass is 35.5. The van der Waals surface area contributed by atoms with Crippen LogP contribution in [0.5, 0.6) is 0 Å². The summed E-state index contributed by atoms with van der Waals surface area (Å²) >= 11 is 13.7. The number of rotatable bonds is 5. The lowest BCUT2D eigenvalue weighted by Crippen LogP contribution is -1.93. The maximum Gasteiger partial charge on any atom is 0.187 e. The number of aromatic nitrogens is 1. The zero-order valence-corrected chi connectivity index (χ0v) is 16.7. The first-order valence-electron chi connectivity index (χ1n) is 8.48. The van der Waals surface area contributed by atoms with Crippen LogP contribution in [0, 0.1) is 0 Å². The van der Waals surface area contributed by atoms with Gasteiger partial charge in [-0.1, -0.05) is 71.7 Å². The minimum atomic E-state index is 0.533. The number of nitrogens with zero attached hydrogens (tertiary/aromatic N) is 1. The van der Waals surface area contributed by atoms with Gasteiger partial charge >= 0.3 is 0 Å². The van der Waals surface area contributed by atoms with E-state index in [1.165, 1.54) is 11.1 Å². The first-order valence-corrected chi connectivity index (χ1v) is 10.1. The van der Waals surface area contributed by atoms with E-state index in [1.807, 2.05) is 23.6 Å². The molecule has 27 heavy (non-hydrogen) atoms. The lowest BCUT2D eigenvalue weighted by atomic mass is 10.0. The minimum absolute atomic E-state index is 0.533. The van der Waals surface area contributed by atoms with Crippen molar-refractivity contribution in [1.82, 2.24) is 4.98 Å². The van der Waals surface area contributed by atoms with Crippen LogP contribution in [-0.4, -0.2) is 4.98 Å². The molecule has 1 aromatic heterocycles. The fourth-order valence-electron chi connectivity index (χ4n) is 2.83. The predicted molar refractivity (Wildman–Crippen MR) is 117 cm³/mol. The number of hydrogen-bond donors (Lipinski definition) is 1. The molecule has 0 spiro atoms. The highest BCUT2D eigenvalue weighted by Crippen LogP contribution is 2.31. The third-order valence-corrected chi connectivity index (χ3v) is 5.65. The summed E-state index contributed by atoms with van der Waals surface area (Å²) in [7, 11) is 0. The van der Waals surface area contributed by atoms with Crippen molar-refractivity contribution in [2.24, 2.45) is 0 Å². The number of nitrogens with one attached hydrogen (secondary N) is 1. The molecule has 5 heteroatoms. The molecule has 0 bridgehead atoms. The highest BCUT2D eigenvalue weighted by molar-refractivity contribution is 7.14. The van der Waals surface area contributed by atoms with Crippen LogP contribution in [0.15, 0.2) is 78.2 Å². The standard InChI is InChI=1S/C22H16Cl2N2S/c23-19-10-9-17(13-20(19)24)21-14-27-22(26-21)25-18-8-4-7-16(12-18)11-15-5-2-1-3-6-15/h1-10,12-14H,11H2,(H,25,26). The molecule has 0 unspecified atom stereocenters. The molecule has 3 aromatic carbocycles. The van der Waals surface area contributed by atoms with E-state index >= 15 is 0 Å². The molecule has 0 aliphatic heterocycles. The van der Waals surface area contributed by atoms with Gasteiger partial charge < -0.3 is 5.32 Å². The molecular weight excluding hydrogens is 395 g/mol. The van der Waals surface area contributed by atoms with E-state index in [0.717, 1.165) is 28.5 Å². The van der Waals surface area contributed by atoms with Crippen LogP contribution in [0.4, 0.5) is 10.8 Å². The SMILES string of the molecule is Clc1ccc(-c2csc(Nc3cccc(Cc4ccccc4)c3)n2)cc1Cl. The summed E-state index contributed by atoms with van der Waals surface area (Å²) in [6.07, 6.45) is 0.906. The Morgan fingerprint density at radius 3 is 2.44 bits per heavy atom. The van der Waals surface area contributed by atoms with Crippen molar-refractivity contribution >= 4 is 45.4 Å². The molecule has 1 N–H and O–H groups in total. The van der Waals surface area contributed by atoms with Crippen LogP contribution in [0.1, 0.15) is 11.1 Å². The molecule has 0 amide bonds. The van der Waals surface area contributed by atoms with Crippen molar-refractivity contribution in [2.45, 2.75) is 6.42 Å². The summed E-state index contributed by atoms with van der Waals surface area (Å²) in [4.78, 5) is 4.67. The lowest BCUT2D eigenvalue weighted by molar-refractivity contribution is 1.19. The van der Waals surface area contributed by atoms with Gasteiger partial charge in [-0.3, -0.25) is 0 Å². The van der Waals surface area contributed by atoms with Crippen molar-refractivity contribution in [1.29, 1.82) is 0 Å². The first-order chi connectivity index (χ1) is 13.2. The quantitative estimate of drug-likeness (QED) is 0.369. The number of hydrogen-bond acceptors (Lipinski definition) is 3. The van der Waals surface area contributed by atoms with Gasteiger partial charge in [0, 0.05) is 16.6 Å². The van der Waals surface area contributed by atoms with Gasteiger partial charge in [0.1, 0.15) is 0 Å². The van der Waals surface area contributed by atoms with Gasteiger partial charge in [0.2, 0.25) is 0 Å². The van der Waals surface area contributed by atoms with E-state index in [-0.39, 0.29) is 0 Å². The van der Waals surface area contributed by atoms with Gasteiger partial charge in [0.05, 0.1) is 15.7 Å². The van der Waals surface area contributed by atoms with E-state index in [9.17, 15) is 0 Å². The monoisotopic (exact) mass is 410 g/mol. The second kappa shape index (κ2) is 8.13. The Kier molecular flexibility index (Phi) is 5.44. The molecule has 4 aromatic rings. The van der Waals surface area contributed by atoms with Crippen molar-refractivity contribution in [3.8, 4) is 11.3 Å². The fraction of sp³-hybridized carbons (Fsp3) is 0.0455. The van der Waals surface area contributed by atoms with Crippen molar-refractivity contribution in [3.05, 3.63) is 99.3 Å². The Hall–Kier alpha value is -2.33. The van der Waals surface area contributed by atoms with Crippen molar-refractivity contribution in [3.63, 3.8) is 0 Å². The third-order valence-electron chi connectivity index (χ3n) is 4.15. The van der Waals surface area contributed by atoms with Crippen LogP contribution in [0.3, 0.4) is 0 Å². The molecule has 0 radical (unpaired) electrons. The van der Waals surface area contributed by atoms with E-state index in [0.29, 0.717) is 10.0 Å². The highest BCUT2D eigenvalue weighted by Gasteiger charge is 2.07. The number of benzene rings is 3. The molecule has 4 rings (SSSR count). The van der Waals surface area contributed by atoms with Crippen LogP contribution in [-0.2, 0) is 6.42 Å². The summed E-state index contributed by atoms with van der Waals surface area (Å²) in [5.41, 5.74) is 5.41. The second-order valence-electron chi connectivity index (χ2n) is 6.15. The van der Waals surface area contributed by atoms with E-state index in [4.69, 9.17) is 23.2 Å². The number of halogens is 2. The maximum atomic E-state index is 6.11. The van der Waals surface area contributed by atoms with Crippen LogP contribution >= 0.6 is 34.5 Å². The van der Waals surface area contributed by atoms with Gasteiger partial charge in [-0.2, -0.15) is 0 Å². The van der Waals surface area contributed by atoms with Crippen molar-refractivity contribution in [2.75, 3.05) is 5.32 Å². The second-order valence-corrected chi connectivity index (χ2v) is 7.83. The average Bonchev–Trinajstić information content (AvgIpc) is 3.13. The Morgan fingerprint density at radius 2 is 1.63 bits per heavy atom. The topological polar surface area (TPSA) is 24.9 Å². The van der Waals surface area contributed by atoms with Gasteiger partial charge in [-0.05, 0) is 41.8 Å². The molecule has 1 heterocycles. The summed E-state index contributed by atoms with van der Waals surface area (Å²) in [6, 6.07) is 24.4. The Morgan fingerprint density at radius 1 is 0.815 bits per heavy atom. The largest absolute Gasteiger partial charge is 0.332 e. The fourth-order valence-corrected chi connectivity index (χ4v) is 3.87. The summed E-state index contributed by atoms with van der Waals surface area (Å²) in [6.45, 7) is 0. The van der Waals surface area contributed by atoms with E-state index in [2.05, 4.69) is 58.8 Å². The number of anilines is 2. The van der Waals surface area contributed by atoms with E-state index in [1.54, 1.807) is 17.4 Å². The van der Waals surface area contributed by atoms with Crippen LogP contribution in [0.25, 0.3) is 11.3 Å². The Labute approximate surface area is 172 Å². The summed E-state index contributed by atoms with van der Waals surface area (Å²) < 4.78 is 0. The van der Waals surface area contributed by atoms with Gasteiger partial charge in [-0.15, -0.1) is 11.3 Å². The van der Waals surface area contributed by atoms with Gasteiger partial charge in [0.25, 0.3) is 0 Å². The minimum Gasteiger partial charge on any atom is -0.332 e. The first kappa shape index (κ1) is 18.1. The lowest BCUT2D eigenvalue weighted by Gasteiger charge is -2.06. The maximum absolute atomic E-state index is 6.11. The smallest absolute Gasteiger partial charge is 0.187 e. The number of thiazole rings is 1. The predicted octanol–water partition coefficient (Wildman–Crippen LogP) is 7.45. The molecule has 0 aliphatic rings. The van der Waals surface area contributed by atoms with Gasteiger partial charge in [-0.25, -0.2) is 4.98 Å². The molecular formula is C22H16Cl2N2S. The molecule has 0 aliphatic carbocycles. The Balaban J connectivity index is 1.50. The zero-order valence-electron chi connectivity index (χ0n) is 14.3. The molecule has 0 saturated heterocycles. The van der Waals surface area contributed by atoms with Crippen molar-refractivity contribution < 1.29 is 0 Å². The molecule has 0 atom stereocenters. The molecule has 134 valence electrons. The Bertz CT molecular complexity index is 1060. The van der Waals surface area contributed by atoms with E-state index < -0.39 is 0 Å². The molecule has 2 nitrogen and oxygen atoms in total. The summed E-state index contributed by atoms with van der Waals surface area (Å²) in [5, 5.41) is 7.32. The zero-order chi connectivity index (χ0) is 18.6. The van der Waals surface area contributed by atoms with Crippen LogP contribution in [0.2, 0.25) is 10.0 Å². The normalized spacial score (nSPS) is 10.7. The molecule has 0 fully saturated rings. The van der Waals surface area contributed by atoms with Gasteiger partial charge in [0.15, 0.2) is 5.13 Å². The third kappa shape index (κ3) is 4.51.